The van der Waals surface area contributed by atoms with Gasteiger partial charge in [-0.05, 0) is 18.2 Å². The maximum Gasteiger partial charge on any atom is 0.253 e. The SMILES string of the molecule is O=C(N[C@H]1COC[C@H]1n1ccnn1)c1cc(Br)ccc1Cl. The zero-order chi connectivity index (χ0) is 14.8. The van der Waals surface area contributed by atoms with Gasteiger partial charge in [-0.25, -0.2) is 4.68 Å². The van der Waals surface area contributed by atoms with Crippen LogP contribution in [0.3, 0.4) is 0 Å². The lowest BCUT2D eigenvalue weighted by Gasteiger charge is -2.19. The third-order valence-electron chi connectivity index (χ3n) is 3.32. The average molecular weight is 372 g/mol. The molecule has 6 nitrogen and oxygen atoms in total. The summed E-state index contributed by atoms with van der Waals surface area (Å²) in [6.45, 7) is 0.919. The molecule has 2 aromatic rings. The van der Waals surface area contributed by atoms with Crippen molar-refractivity contribution in [3.05, 3.63) is 45.7 Å². The van der Waals surface area contributed by atoms with Gasteiger partial charge in [0.15, 0.2) is 0 Å². The summed E-state index contributed by atoms with van der Waals surface area (Å²) in [6.07, 6.45) is 3.35. The smallest absolute Gasteiger partial charge is 0.253 e. The molecule has 1 aromatic heterocycles. The van der Waals surface area contributed by atoms with Crippen LogP contribution in [0.1, 0.15) is 16.4 Å². The lowest BCUT2D eigenvalue weighted by atomic mass is 10.1. The second kappa shape index (κ2) is 6.13. The Morgan fingerprint density at radius 1 is 1.48 bits per heavy atom. The van der Waals surface area contributed by atoms with Gasteiger partial charge in [-0.2, -0.15) is 0 Å². The average Bonchev–Trinajstić information content (AvgIpc) is 3.11. The third kappa shape index (κ3) is 3.09. The van der Waals surface area contributed by atoms with Gasteiger partial charge in [0.05, 0.1) is 42.1 Å². The van der Waals surface area contributed by atoms with Crippen LogP contribution in [0.4, 0.5) is 0 Å². The Morgan fingerprint density at radius 3 is 3.10 bits per heavy atom. The molecule has 110 valence electrons. The molecular weight excluding hydrogens is 360 g/mol. The molecule has 0 spiro atoms. The van der Waals surface area contributed by atoms with E-state index in [1.165, 1.54) is 0 Å². The van der Waals surface area contributed by atoms with Crippen LogP contribution in [0, 0.1) is 0 Å². The number of ether oxygens (including phenoxy) is 1. The van der Waals surface area contributed by atoms with Crippen molar-refractivity contribution in [2.24, 2.45) is 0 Å². The summed E-state index contributed by atoms with van der Waals surface area (Å²) < 4.78 is 7.93. The molecular formula is C13H12BrClN4O2. The topological polar surface area (TPSA) is 69.0 Å². The minimum Gasteiger partial charge on any atom is -0.377 e. The fourth-order valence-electron chi connectivity index (χ4n) is 2.25. The molecule has 0 bridgehead atoms. The number of carbonyl (C=O) groups is 1. The molecule has 2 atom stereocenters. The molecule has 3 rings (SSSR count). The van der Waals surface area contributed by atoms with Crippen molar-refractivity contribution in [2.75, 3.05) is 13.2 Å². The van der Waals surface area contributed by atoms with E-state index >= 15 is 0 Å². The van der Waals surface area contributed by atoms with Gasteiger partial charge in [-0.15, -0.1) is 5.10 Å². The van der Waals surface area contributed by atoms with Crippen molar-refractivity contribution in [3.63, 3.8) is 0 Å². The summed E-state index contributed by atoms with van der Waals surface area (Å²) in [5.74, 6) is -0.234. The third-order valence-corrected chi connectivity index (χ3v) is 4.14. The van der Waals surface area contributed by atoms with Gasteiger partial charge >= 0.3 is 0 Å². The Bertz CT molecular complexity index is 650. The number of hydrogen-bond acceptors (Lipinski definition) is 4. The van der Waals surface area contributed by atoms with E-state index in [-0.39, 0.29) is 18.0 Å². The fourth-order valence-corrected chi connectivity index (χ4v) is 2.82. The molecule has 1 saturated heterocycles. The Hall–Kier alpha value is -1.44. The van der Waals surface area contributed by atoms with Gasteiger partial charge in [0.2, 0.25) is 0 Å². The second-order valence-electron chi connectivity index (χ2n) is 4.69. The van der Waals surface area contributed by atoms with E-state index in [2.05, 4.69) is 31.6 Å². The molecule has 1 amide bonds. The fraction of sp³-hybridized carbons (Fsp3) is 0.308. The van der Waals surface area contributed by atoms with Crippen LogP contribution in [0.5, 0.6) is 0 Å². The van der Waals surface area contributed by atoms with E-state index in [0.717, 1.165) is 4.47 Å². The molecule has 8 heteroatoms. The van der Waals surface area contributed by atoms with Crippen molar-refractivity contribution in [1.82, 2.24) is 20.3 Å². The van der Waals surface area contributed by atoms with Crippen LogP contribution >= 0.6 is 27.5 Å². The number of rotatable bonds is 3. The molecule has 0 radical (unpaired) electrons. The van der Waals surface area contributed by atoms with Gasteiger partial charge in [-0.1, -0.05) is 32.7 Å². The van der Waals surface area contributed by atoms with Crippen molar-refractivity contribution in [1.29, 1.82) is 0 Å². The summed E-state index contributed by atoms with van der Waals surface area (Å²) in [5.41, 5.74) is 0.426. The molecule has 0 aliphatic carbocycles. The molecule has 2 heterocycles. The van der Waals surface area contributed by atoms with E-state index in [1.54, 1.807) is 35.3 Å². The summed E-state index contributed by atoms with van der Waals surface area (Å²) in [6, 6.07) is 4.92. The summed E-state index contributed by atoms with van der Waals surface area (Å²) in [7, 11) is 0. The normalized spacial score (nSPS) is 21.4. The van der Waals surface area contributed by atoms with E-state index in [0.29, 0.717) is 23.8 Å². The molecule has 1 aromatic carbocycles. The number of aromatic nitrogens is 3. The lowest BCUT2D eigenvalue weighted by Crippen LogP contribution is -2.41. The van der Waals surface area contributed by atoms with Gasteiger partial charge < -0.3 is 10.1 Å². The molecule has 1 aliphatic heterocycles. The lowest BCUT2D eigenvalue weighted by molar-refractivity contribution is 0.0925. The Balaban J connectivity index is 1.76. The van der Waals surface area contributed by atoms with Gasteiger partial charge in [0.25, 0.3) is 5.91 Å². The van der Waals surface area contributed by atoms with Crippen molar-refractivity contribution in [3.8, 4) is 0 Å². The van der Waals surface area contributed by atoms with Crippen molar-refractivity contribution < 1.29 is 9.53 Å². The first-order chi connectivity index (χ1) is 10.1. The first kappa shape index (κ1) is 14.5. The number of carbonyl (C=O) groups excluding carboxylic acids is 1. The minimum absolute atomic E-state index is 0.0672. The molecule has 0 saturated carbocycles. The molecule has 1 fully saturated rings. The predicted molar refractivity (Wildman–Crippen MR) is 80.3 cm³/mol. The number of nitrogens with one attached hydrogen (secondary N) is 1. The first-order valence-electron chi connectivity index (χ1n) is 6.34. The zero-order valence-electron chi connectivity index (χ0n) is 10.9. The van der Waals surface area contributed by atoms with Crippen LogP contribution in [0.15, 0.2) is 35.1 Å². The molecule has 1 aliphatic rings. The number of halogens is 2. The van der Waals surface area contributed by atoms with Crippen LogP contribution in [-0.4, -0.2) is 40.2 Å². The first-order valence-corrected chi connectivity index (χ1v) is 7.51. The minimum atomic E-state index is -0.234. The van der Waals surface area contributed by atoms with Gasteiger partial charge in [0.1, 0.15) is 0 Å². The highest BCUT2D eigenvalue weighted by Crippen LogP contribution is 2.23. The number of hydrogen-bond donors (Lipinski definition) is 1. The maximum absolute atomic E-state index is 12.4. The highest BCUT2D eigenvalue weighted by Gasteiger charge is 2.32. The van der Waals surface area contributed by atoms with E-state index < -0.39 is 0 Å². The van der Waals surface area contributed by atoms with E-state index in [9.17, 15) is 4.79 Å². The van der Waals surface area contributed by atoms with E-state index in [4.69, 9.17) is 16.3 Å². The largest absolute Gasteiger partial charge is 0.377 e. The second-order valence-corrected chi connectivity index (χ2v) is 6.01. The van der Waals surface area contributed by atoms with E-state index in [1.807, 2.05) is 0 Å². The quantitative estimate of drug-likeness (QED) is 0.897. The molecule has 21 heavy (non-hydrogen) atoms. The molecule has 0 unspecified atom stereocenters. The summed E-state index contributed by atoms with van der Waals surface area (Å²) in [4.78, 5) is 12.4. The Labute approximate surface area is 134 Å². The Morgan fingerprint density at radius 2 is 2.33 bits per heavy atom. The van der Waals surface area contributed by atoms with Gasteiger partial charge in [-0.3, -0.25) is 4.79 Å². The summed E-state index contributed by atoms with van der Waals surface area (Å²) in [5, 5.41) is 11.1. The van der Waals surface area contributed by atoms with Crippen LogP contribution in [-0.2, 0) is 4.74 Å². The number of benzene rings is 1. The molecule has 1 N–H and O–H groups in total. The van der Waals surface area contributed by atoms with Gasteiger partial charge in [0, 0.05) is 10.7 Å². The van der Waals surface area contributed by atoms with Crippen molar-refractivity contribution >= 4 is 33.4 Å². The summed E-state index contributed by atoms with van der Waals surface area (Å²) >= 11 is 9.41. The number of amides is 1. The standard InChI is InChI=1S/C13H12BrClN4O2/c14-8-1-2-10(15)9(5-8)13(20)17-11-6-21-7-12(11)19-4-3-16-18-19/h1-5,11-12H,6-7H2,(H,17,20)/t11-,12+/m0/s1. The van der Waals surface area contributed by atoms with Crippen LogP contribution in [0.25, 0.3) is 0 Å². The monoisotopic (exact) mass is 370 g/mol. The maximum atomic E-state index is 12.4. The Kier molecular flexibility index (Phi) is 4.23. The highest BCUT2D eigenvalue weighted by atomic mass is 79.9. The number of nitrogens with zero attached hydrogens (tertiary/aromatic N) is 3. The van der Waals surface area contributed by atoms with Crippen LogP contribution < -0.4 is 5.32 Å². The zero-order valence-corrected chi connectivity index (χ0v) is 13.2. The highest BCUT2D eigenvalue weighted by molar-refractivity contribution is 9.10. The van der Waals surface area contributed by atoms with Crippen molar-refractivity contribution in [2.45, 2.75) is 12.1 Å². The van der Waals surface area contributed by atoms with Crippen LogP contribution in [0.2, 0.25) is 5.02 Å². The predicted octanol–water partition coefficient (Wildman–Crippen LogP) is 2.06.